The normalized spacial score (nSPS) is 12.3. The third-order valence-corrected chi connectivity index (χ3v) is 3.87. The number of anilines is 1. The van der Waals surface area contributed by atoms with E-state index in [9.17, 15) is 0 Å². The fourth-order valence-corrected chi connectivity index (χ4v) is 2.73. The lowest BCUT2D eigenvalue weighted by Gasteiger charge is -2.22. The van der Waals surface area contributed by atoms with Crippen LogP contribution in [0.2, 0.25) is 0 Å². The minimum Gasteiger partial charge on any atom is -0.377 e. The Morgan fingerprint density at radius 2 is 1.63 bits per heavy atom. The van der Waals surface area contributed by atoms with Gasteiger partial charge in [-0.2, -0.15) is 0 Å². The van der Waals surface area contributed by atoms with Gasteiger partial charge in [0.05, 0.1) is 5.38 Å². The summed E-state index contributed by atoms with van der Waals surface area (Å²) in [6, 6.07) is 14.7. The first-order chi connectivity index (χ1) is 9.00. The highest BCUT2D eigenvalue weighted by atomic mass is 35.5. The zero-order chi connectivity index (χ0) is 14.0. The molecule has 0 aliphatic heterocycles. The summed E-state index contributed by atoms with van der Waals surface area (Å²) < 4.78 is 0. The van der Waals surface area contributed by atoms with Crippen molar-refractivity contribution in [2.45, 2.75) is 19.2 Å². The number of halogens is 1. The van der Waals surface area contributed by atoms with Gasteiger partial charge in [-0.3, -0.25) is 0 Å². The molecular weight excluding hydrogens is 254 g/mol. The molecule has 0 amide bonds. The molecule has 19 heavy (non-hydrogen) atoms. The summed E-state index contributed by atoms with van der Waals surface area (Å²) in [5, 5.41) is -0.113. The Morgan fingerprint density at radius 3 is 2.32 bits per heavy atom. The molecule has 0 spiro atoms. The van der Waals surface area contributed by atoms with E-state index >= 15 is 0 Å². The molecule has 0 saturated heterocycles. The van der Waals surface area contributed by atoms with Crippen LogP contribution in [0.25, 0.3) is 0 Å². The van der Waals surface area contributed by atoms with Crippen LogP contribution in [0.5, 0.6) is 0 Å². The SMILES string of the molecule is Cc1ccc(C)c(C(Cl)c2ccccc2N(C)C)c1. The largest absolute Gasteiger partial charge is 0.377 e. The third-order valence-electron chi connectivity index (χ3n) is 3.40. The Balaban J connectivity index is 2.50. The van der Waals surface area contributed by atoms with Crippen molar-refractivity contribution in [2.24, 2.45) is 0 Å². The zero-order valence-corrected chi connectivity index (χ0v) is 12.7. The second kappa shape index (κ2) is 5.66. The molecule has 0 N–H and O–H groups in total. The molecule has 2 aromatic rings. The summed E-state index contributed by atoms with van der Waals surface area (Å²) in [5.41, 5.74) is 6.00. The van der Waals surface area contributed by atoms with Crippen molar-refractivity contribution < 1.29 is 0 Å². The maximum Gasteiger partial charge on any atom is 0.0858 e. The summed E-state index contributed by atoms with van der Waals surface area (Å²) in [6.07, 6.45) is 0. The first-order valence-electron chi connectivity index (χ1n) is 6.48. The topological polar surface area (TPSA) is 3.24 Å². The van der Waals surface area contributed by atoms with Crippen LogP contribution in [0.3, 0.4) is 0 Å². The minimum atomic E-state index is -0.113. The van der Waals surface area contributed by atoms with Gasteiger partial charge in [0.15, 0.2) is 0 Å². The standard InChI is InChI=1S/C17H20ClN/c1-12-9-10-13(2)15(11-12)17(18)14-7-5-6-8-16(14)19(3)4/h5-11,17H,1-4H3. The van der Waals surface area contributed by atoms with Crippen LogP contribution in [-0.4, -0.2) is 14.1 Å². The van der Waals surface area contributed by atoms with E-state index < -0.39 is 0 Å². The molecule has 1 unspecified atom stereocenters. The summed E-state index contributed by atoms with van der Waals surface area (Å²) in [6.45, 7) is 4.22. The smallest absolute Gasteiger partial charge is 0.0858 e. The molecule has 100 valence electrons. The van der Waals surface area contributed by atoms with Crippen molar-refractivity contribution in [2.75, 3.05) is 19.0 Å². The fourth-order valence-electron chi connectivity index (χ4n) is 2.31. The van der Waals surface area contributed by atoms with Gasteiger partial charge < -0.3 is 4.90 Å². The first kappa shape index (κ1) is 14.0. The van der Waals surface area contributed by atoms with Gasteiger partial charge in [0, 0.05) is 19.8 Å². The van der Waals surface area contributed by atoms with E-state index in [0.717, 1.165) is 5.56 Å². The van der Waals surface area contributed by atoms with Crippen molar-refractivity contribution >= 4 is 17.3 Å². The van der Waals surface area contributed by atoms with Gasteiger partial charge in [0.1, 0.15) is 0 Å². The molecule has 0 aliphatic rings. The average Bonchev–Trinajstić information content (AvgIpc) is 2.40. The van der Waals surface area contributed by atoms with Crippen LogP contribution >= 0.6 is 11.6 Å². The van der Waals surface area contributed by atoms with Crippen molar-refractivity contribution in [3.8, 4) is 0 Å². The second-order valence-corrected chi connectivity index (χ2v) is 5.61. The molecule has 2 aromatic carbocycles. The quantitative estimate of drug-likeness (QED) is 0.733. The van der Waals surface area contributed by atoms with Gasteiger partial charge in [-0.05, 0) is 36.6 Å². The predicted octanol–water partition coefficient (Wildman–Crippen LogP) is 4.70. The molecule has 0 radical (unpaired) electrons. The highest BCUT2D eigenvalue weighted by Gasteiger charge is 2.17. The fraction of sp³-hybridized carbons (Fsp3) is 0.294. The van der Waals surface area contributed by atoms with Crippen LogP contribution < -0.4 is 4.90 Å². The number of benzene rings is 2. The van der Waals surface area contributed by atoms with Crippen molar-refractivity contribution in [1.29, 1.82) is 0 Å². The maximum absolute atomic E-state index is 6.73. The molecule has 2 rings (SSSR count). The Morgan fingerprint density at radius 1 is 0.947 bits per heavy atom. The molecule has 1 nitrogen and oxygen atoms in total. The number of alkyl halides is 1. The van der Waals surface area contributed by atoms with Gasteiger partial charge in [0.2, 0.25) is 0 Å². The zero-order valence-electron chi connectivity index (χ0n) is 11.9. The Labute approximate surface area is 120 Å². The number of hydrogen-bond acceptors (Lipinski definition) is 1. The lowest BCUT2D eigenvalue weighted by atomic mass is 9.97. The molecule has 0 bridgehead atoms. The van der Waals surface area contributed by atoms with Crippen LogP contribution in [0.1, 0.15) is 27.6 Å². The van der Waals surface area contributed by atoms with E-state index in [1.54, 1.807) is 0 Å². The maximum atomic E-state index is 6.73. The van der Waals surface area contributed by atoms with Crippen molar-refractivity contribution in [3.63, 3.8) is 0 Å². The molecular formula is C17H20ClN. The van der Waals surface area contributed by atoms with Gasteiger partial charge in [-0.15, -0.1) is 11.6 Å². The van der Waals surface area contributed by atoms with Crippen LogP contribution in [-0.2, 0) is 0 Å². The molecule has 0 saturated carbocycles. The van der Waals surface area contributed by atoms with E-state index in [1.807, 2.05) is 26.2 Å². The number of nitrogens with zero attached hydrogens (tertiary/aromatic N) is 1. The predicted molar refractivity (Wildman–Crippen MR) is 84.4 cm³/mol. The molecule has 0 fully saturated rings. The molecule has 0 aliphatic carbocycles. The number of rotatable bonds is 3. The van der Waals surface area contributed by atoms with E-state index in [-0.39, 0.29) is 5.38 Å². The van der Waals surface area contributed by atoms with E-state index in [4.69, 9.17) is 11.6 Å². The minimum absolute atomic E-state index is 0.113. The van der Waals surface area contributed by atoms with Gasteiger partial charge >= 0.3 is 0 Å². The first-order valence-corrected chi connectivity index (χ1v) is 6.92. The van der Waals surface area contributed by atoms with Crippen molar-refractivity contribution in [1.82, 2.24) is 0 Å². The highest BCUT2D eigenvalue weighted by Crippen LogP contribution is 2.36. The van der Waals surface area contributed by atoms with Crippen LogP contribution in [0, 0.1) is 13.8 Å². The monoisotopic (exact) mass is 273 g/mol. The van der Waals surface area contributed by atoms with Gasteiger partial charge in [-0.1, -0.05) is 42.0 Å². The van der Waals surface area contributed by atoms with Crippen LogP contribution in [0.15, 0.2) is 42.5 Å². The molecule has 0 heterocycles. The van der Waals surface area contributed by atoms with Gasteiger partial charge in [0.25, 0.3) is 0 Å². The summed E-state index contributed by atoms with van der Waals surface area (Å²) >= 11 is 6.73. The summed E-state index contributed by atoms with van der Waals surface area (Å²) in [5.74, 6) is 0. The Hall–Kier alpha value is -1.47. The Kier molecular flexibility index (Phi) is 4.16. The van der Waals surface area contributed by atoms with Crippen molar-refractivity contribution in [3.05, 3.63) is 64.7 Å². The highest BCUT2D eigenvalue weighted by molar-refractivity contribution is 6.23. The third kappa shape index (κ3) is 2.93. The van der Waals surface area contributed by atoms with E-state index in [1.165, 1.54) is 22.4 Å². The summed E-state index contributed by atoms with van der Waals surface area (Å²) in [7, 11) is 4.09. The molecule has 1 atom stereocenters. The average molecular weight is 274 g/mol. The Bertz CT molecular complexity index is 575. The van der Waals surface area contributed by atoms with Crippen LogP contribution in [0.4, 0.5) is 5.69 Å². The molecule has 2 heteroatoms. The van der Waals surface area contributed by atoms with Gasteiger partial charge in [-0.25, -0.2) is 0 Å². The lowest BCUT2D eigenvalue weighted by Crippen LogP contribution is -2.12. The second-order valence-electron chi connectivity index (χ2n) is 5.18. The summed E-state index contributed by atoms with van der Waals surface area (Å²) in [4.78, 5) is 2.11. The van der Waals surface area contributed by atoms with E-state index in [0.29, 0.717) is 0 Å². The molecule has 0 aromatic heterocycles. The number of para-hydroxylation sites is 1. The lowest BCUT2D eigenvalue weighted by molar-refractivity contribution is 1.05. The number of hydrogen-bond donors (Lipinski definition) is 0. The number of aryl methyl sites for hydroxylation is 2. The van der Waals surface area contributed by atoms with E-state index in [2.05, 4.69) is 49.1 Å².